The molecule has 1 amide bonds. The van der Waals surface area contributed by atoms with Crippen molar-refractivity contribution in [1.29, 1.82) is 0 Å². The first kappa shape index (κ1) is 24.9. The van der Waals surface area contributed by atoms with Crippen molar-refractivity contribution in [2.45, 2.75) is 46.1 Å². The Morgan fingerprint density at radius 3 is 2.69 bits per heavy atom. The average molecular weight is 498 g/mol. The maximum Gasteiger partial charge on any atom is 0.273 e. The molecule has 4 rings (SSSR count). The molecule has 0 radical (unpaired) electrons. The molecule has 0 saturated heterocycles. The van der Waals surface area contributed by atoms with E-state index in [0.717, 1.165) is 30.4 Å². The highest BCUT2D eigenvalue weighted by Gasteiger charge is 2.42. The van der Waals surface area contributed by atoms with Gasteiger partial charge in [-0.05, 0) is 48.2 Å². The van der Waals surface area contributed by atoms with Crippen LogP contribution in [0.5, 0.6) is 17.2 Å². The van der Waals surface area contributed by atoms with Gasteiger partial charge in [0.1, 0.15) is 17.1 Å². The van der Waals surface area contributed by atoms with Gasteiger partial charge in [0, 0.05) is 22.7 Å². The van der Waals surface area contributed by atoms with Crippen LogP contribution in [-0.2, 0) is 0 Å². The minimum absolute atomic E-state index is 0.0503. The third kappa shape index (κ3) is 4.96. The SMILES string of the molecule is CCCCCN1C(=O)c2[nH]nc(-c3cc(Cl)ccc3O)c2C1c1ccc(OCC(C)C)c(OC)c1. The molecule has 2 aromatic carbocycles. The van der Waals surface area contributed by atoms with Crippen LogP contribution in [0.25, 0.3) is 11.3 Å². The summed E-state index contributed by atoms with van der Waals surface area (Å²) in [6, 6.07) is 10.2. The largest absolute Gasteiger partial charge is 0.507 e. The fraction of sp³-hybridized carbons (Fsp3) is 0.407. The lowest BCUT2D eigenvalue weighted by molar-refractivity contribution is 0.0740. The van der Waals surface area contributed by atoms with Crippen molar-refractivity contribution >= 4 is 17.5 Å². The first-order valence-corrected chi connectivity index (χ1v) is 12.4. The third-order valence-electron chi connectivity index (χ3n) is 6.16. The van der Waals surface area contributed by atoms with Crippen molar-refractivity contribution < 1.29 is 19.4 Å². The number of methoxy groups -OCH3 is 1. The first-order chi connectivity index (χ1) is 16.8. The summed E-state index contributed by atoms with van der Waals surface area (Å²) in [6.07, 6.45) is 2.97. The van der Waals surface area contributed by atoms with E-state index in [2.05, 4.69) is 31.0 Å². The average Bonchev–Trinajstić information content (AvgIpc) is 3.38. The molecule has 1 unspecified atom stereocenters. The second kappa shape index (κ2) is 10.6. The van der Waals surface area contributed by atoms with E-state index in [-0.39, 0.29) is 11.7 Å². The van der Waals surface area contributed by atoms with E-state index < -0.39 is 6.04 Å². The number of amides is 1. The monoisotopic (exact) mass is 497 g/mol. The Morgan fingerprint density at radius 2 is 1.97 bits per heavy atom. The predicted molar refractivity (Wildman–Crippen MR) is 136 cm³/mol. The van der Waals surface area contributed by atoms with E-state index in [1.165, 1.54) is 6.07 Å². The van der Waals surface area contributed by atoms with Crippen LogP contribution in [0.15, 0.2) is 36.4 Å². The molecule has 0 spiro atoms. The number of phenolic OH excluding ortho intramolecular Hbond substituents is 1. The van der Waals surface area contributed by atoms with Crippen LogP contribution in [0.4, 0.5) is 0 Å². The summed E-state index contributed by atoms with van der Waals surface area (Å²) in [5.41, 5.74) is 3.02. The molecule has 35 heavy (non-hydrogen) atoms. The Balaban J connectivity index is 1.82. The van der Waals surface area contributed by atoms with Gasteiger partial charge in [-0.1, -0.05) is 51.3 Å². The van der Waals surface area contributed by atoms with E-state index in [1.54, 1.807) is 19.2 Å². The van der Waals surface area contributed by atoms with Crippen molar-refractivity contribution in [2.75, 3.05) is 20.3 Å². The Labute approximate surface area is 211 Å². The number of benzene rings is 2. The molecule has 1 atom stereocenters. The fourth-order valence-corrected chi connectivity index (χ4v) is 4.61. The van der Waals surface area contributed by atoms with Crippen LogP contribution >= 0.6 is 11.6 Å². The highest BCUT2D eigenvalue weighted by atomic mass is 35.5. The number of nitrogens with zero attached hydrogens (tertiary/aromatic N) is 2. The van der Waals surface area contributed by atoms with Gasteiger partial charge in [0.05, 0.1) is 19.8 Å². The Bertz CT molecular complexity index is 1210. The van der Waals surface area contributed by atoms with Gasteiger partial charge in [-0.3, -0.25) is 9.89 Å². The zero-order valence-corrected chi connectivity index (χ0v) is 21.4. The molecule has 2 heterocycles. The molecule has 1 aliphatic heterocycles. The molecule has 8 heteroatoms. The molecule has 0 bridgehead atoms. The summed E-state index contributed by atoms with van der Waals surface area (Å²) < 4.78 is 11.6. The number of aromatic hydroxyl groups is 1. The molecular weight excluding hydrogens is 466 g/mol. The molecule has 7 nitrogen and oxygen atoms in total. The summed E-state index contributed by atoms with van der Waals surface area (Å²) in [5, 5.41) is 18.4. The number of nitrogens with one attached hydrogen (secondary N) is 1. The van der Waals surface area contributed by atoms with Gasteiger partial charge >= 0.3 is 0 Å². The van der Waals surface area contributed by atoms with Crippen LogP contribution in [0.3, 0.4) is 0 Å². The van der Waals surface area contributed by atoms with Crippen LogP contribution in [0.1, 0.15) is 67.7 Å². The zero-order chi connectivity index (χ0) is 25.1. The zero-order valence-electron chi connectivity index (χ0n) is 20.6. The number of fused-ring (bicyclic) bond motifs is 1. The molecule has 1 aromatic heterocycles. The summed E-state index contributed by atoms with van der Waals surface area (Å²) in [5.74, 6) is 1.58. The van der Waals surface area contributed by atoms with Crippen molar-refractivity contribution in [3.05, 3.63) is 58.2 Å². The Kier molecular flexibility index (Phi) is 7.55. The number of ether oxygens (including phenoxy) is 2. The standard InChI is InChI=1S/C27H32ClN3O4/c1-5-6-7-12-31-26(17-8-11-21(22(13-17)34-4)35-15-16(2)3)23-24(29-30-25(23)27(31)33)19-14-18(28)9-10-20(19)32/h8-11,13-14,16,26,32H,5-7,12,15H2,1-4H3,(H,29,30). The number of aromatic nitrogens is 2. The first-order valence-electron chi connectivity index (χ1n) is 12.0. The number of carbonyl (C=O) groups is 1. The van der Waals surface area contributed by atoms with E-state index in [4.69, 9.17) is 21.1 Å². The van der Waals surface area contributed by atoms with Gasteiger partial charge in [-0.25, -0.2) is 0 Å². The second-order valence-corrected chi connectivity index (χ2v) is 9.68. The number of hydrogen-bond donors (Lipinski definition) is 2. The molecule has 0 aliphatic carbocycles. The number of aromatic amines is 1. The minimum atomic E-state index is -0.394. The smallest absolute Gasteiger partial charge is 0.273 e. The topological polar surface area (TPSA) is 87.7 Å². The third-order valence-corrected chi connectivity index (χ3v) is 6.39. The number of phenols is 1. The van der Waals surface area contributed by atoms with Gasteiger partial charge in [0.2, 0.25) is 0 Å². The molecule has 3 aromatic rings. The van der Waals surface area contributed by atoms with E-state index in [0.29, 0.717) is 52.5 Å². The van der Waals surface area contributed by atoms with Gasteiger partial charge in [-0.15, -0.1) is 0 Å². The number of H-pyrrole nitrogens is 1. The van der Waals surface area contributed by atoms with Crippen LogP contribution < -0.4 is 9.47 Å². The van der Waals surface area contributed by atoms with Gasteiger partial charge in [-0.2, -0.15) is 5.10 Å². The normalized spacial score (nSPS) is 15.1. The molecule has 0 fully saturated rings. The maximum absolute atomic E-state index is 13.5. The summed E-state index contributed by atoms with van der Waals surface area (Å²) in [6.45, 7) is 7.49. The van der Waals surface area contributed by atoms with Crippen LogP contribution in [0.2, 0.25) is 5.02 Å². The van der Waals surface area contributed by atoms with E-state index >= 15 is 0 Å². The summed E-state index contributed by atoms with van der Waals surface area (Å²) in [4.78, 5) is 15.3. The number of halogens is 1. The van der Waals surface area contributed by atoms with Crippen LogP contribution in [0, 0.1) is 5.92 Å². The van der Waals surface area contributed by atoms with Crippen molar-refractivity contribution in [1.82, 2.24) is 15.1 Å². The predicted octanol–water partition coefficient (Wildman–Crippen LogP) is 6.21. The summed E-state index contributed by atoms with van der Waals surface area (Å²) in [7, 11) is 1.61. The Hall–Kier alpha value is -3.19. The molecule has 0 saturated carbocycles. The number of hydrogen-bond acceptors (Lipinski definition) is 5. The van der Waals surface area contributed by atoms with Crippen molar-refractivity contribution in [3.8, 4) is 28.5 Å². The summed E-state index contributed by atoms with van der Waals surface area (Å²) >= 11 is 6.23. The minimum Gasteiger partial charge on any atom is -0.507 e. The number of carbonyl (C=O) groups excluding carboxylic acids is 1. The van der Waals surface area contributed by atoms with Crippen LogP contribution in [-0.4, -0.2) is 46.4 Å². The molecule has 186 valence electrons. The molecule has 2 N–H and O–H groups in total. The Morgan fingerprint density at radius 1 is 1.17 bits per heavy atom. The highest BCUT2D eigenvalue weighted by molar-refractivity contribution is 6.31. The molecular formula is C27H32ClN3O4. The highest BCUT2D eigenvalue weighted by Crippen LogP contribution is 2.46. The second-order valence-electron chi connectivity index (χ2n) is 9.25. The van der Waals surface area contributed by atoms with Gasteiger partial charge in [0.25, 0.3) is 5.91 Å². The number of unbranched alkanes of at least 4 members (excludes halogenated alkanes) is 2. The molecule has 1 aliphatic rings. The van der Waals surface area contributed by atoms with Crippen molar-refractivity contribution in [2.24, 2.45) is 5.92 Å². The van der Waals surface area contributed by atoms with Gasteiger partial charge in [0.15, 0.2) is 11.5 Å². The van der Waals surface area contributed by atoms with E-state index in [1.807, 2.05) is 23.1 Å². The van der Waals surface area contributed by atoms with Gasteiger partial charge < -0.3 is 19.5 Å². The lowest BCUT2D eigenvalue weighted by Crippen LogP contribution is -2.30. The fourth-order valence-electron chi connectivity index (χ4n) is 4.44. The lowest BCUT2D eigenvalue weighted by atomic mass is 9.95. The maximum atomic E-state index is 13.5. The lowest BCUT2D eigenvalue weighted by Gasteiger charge is -2.27. The number of rotatable bonds is 10. The van der Waals surface area contributed by atoms with E-state index in [9.17, 15) is 9.90 Å². The van der Waals surface area contributed by atoms with Crippen molar-refractivity contribution in [3.63, 3.8) is 0 Å². The quantitative estimate of drug-likeness (QED) is 0.325.